The van der Waals surface area contributed by atoms with E-state index in [4.69, 9.17) is 13.3 Å². The highest BCUT2D eigenvalue weighted by molar-refractivity contribution is 5.79. The number of hydrogen-bond donors (Lipinski definition) is 2. The fourth-order valence-corrected chi connectivity index (χ4v) is 4.87. The molecule has 2 N–H and O–H groups in total. The average Bonchev–Trinajstić information content (AvgIpc) is 3.84. The van der Waals surface area contributed by atoms with Crippen molar-refractivity contribution in [2.75, 3.05) is 6.61 Å². The number of aliphatic hydroxyl groups is 1. The van der Waals surface area contributed by atoms with Crippen LogP contribution in [0.2, 0.25) is 0 Å². The lowest BCUT2D eigenvalue weighted by Crippen LogP contribution is -2.28. The maximum absolute atomic E-state index is 9.58. The normalized spacial score (nSPS) is 13.1. The Bertz CT molecular complexity index is 1530. The van der Waals surface area contributed by atoms with E-state index in [2.05, 4.69) is 44.1 Å². The predicted octanol–water partition coefficient (Wildman–Crippen LogP) is 11.9. The van der Waals surface area contributed by atoms with E-state index >= 15 is 0 Å². The van der Waals surface area contributed by atoms with E-state index in [1.54, 1.807) is 0 Å². The van der Waals surface area contributed by atoms with E-state index < -0.39 is 0 Å². The quantitative estimate of drug-likeness (QED) is 0.131. The minimum absolute atomic E-state index is 0. The minimum Gasteiger partial charge on any atom is -0.466 e. The van der Waals surface area contributed by atoms with Gasteiger partial charge in [0.2, 0.25) is 0 Å². The summed E-state index contributed by atoms with van der Waals surface area (Å²) >= 11 is 0. The van der Waals surface area contributed by atoms with Crippen molar-refractivity contribution in [3.63, 3.8) is 0 Å². The molecule has 6 nitrogen and oxygen atoms in total. The van der Waals surface area contributed by atoms with E-state index in [1.807, 2.05) is 118 Å². The molecule has 262 valence electrons. The van der Waals surface area contributed by atoms with Gasteiger partial charge in [0.1, 0.15) is 40.6 Å². The first kappa shape index (κ1) is 41.9. The Hall–Kier alpha value is -4.13. The smallest absolute Gasteiger partial charge is 0.128 e. The number of aliphatic imine (C=N–C) groups is 1. The monoisotopic (exact) mass is 656 g/mol. The summed E-state index contributed by atoms with van der Waals surface area (Å²) in [4.78, 5) is 4.58. The third-order valence-electron chi connectivity index (χ3n) is 7.84. The number of hydrogen-bond acceptors (Lipinski definition) is 6. The van der Waals surface area contributed by atoms with Crippen LogP contribution in [0.1, 0.15) is 132 Å². The molecule has 0 amide bonds. The zero-order valence-corrected chi connectivity index (χ0v) is 28.6. The van der Waals surface area contributed by atoms with Gasteiger partial charge in [0.15, 0.2) is 0 Å². The van der Waals surface area contributed by atoms with Crippen molar-refractivity contribution < 1.29 is 18.4 Å². The molecule has 0 saturated carbocycles. The molecule has 48 heavy (non-hydrogen) atoms. The van der Waals surface area contributed by atoms with Crippen LogP contribution in [-0.2, 0) is 0 Å². The summed E-state index contributed by atoms with van der Waals surface area (Å²) in [7, 11) is 0. The highest BCUT2D eigenvalue weighted by atomic mass is 16.3. The number of aliphatic hydroxyl groups excluding tert-OH is 1. The molecule has 3 aromatic heterocycles. The van der Waals surface area contributed by atoms with Crippen molar-refractivity contribution >= 4 is 6.21 Å². The maximum atomic E-state index is 9.58. The van der Waals surface area contributed by atoms with Gasteiger partial charge in [0, 0.05) is 12.1 Å². The van der Waals surface area contributed by atoms with Gasteiger partial charge >= 0.3 is 0 Å². The van der Waals surface area contributed by atoms with Gasteiger partial charge in [-0.15, -0.1) is 0 Å². The largest absolute Gasteiger partial charge is 0.466 e. The van der Waals surface area contributed by atoms with Crippen LogP contribution in [0.3, 0.4) is 0 Å². The molecule has 0 fully saturated rings. The Morgan fingerprint density at radius 3 is 1.56 bits per heavy atom. The number of nitrogens with zero attached hydrogens (tertiary/aromatic N) is 1. The zero-order chi connectivity index (χ0) is 33.3. The Kier molecular flexibility index (Phi) is 19.6. The van der Waals surface area contributed by atoms with E-state index in [0.717, 1.165) is 65.0 Å². The second-order valence-electron chi connectivity index (χ2n) is 11.5. The average molecular weight is 657 g/mol. The number of furan rings is 3. The van der Waals surface area contributed by atoms with Crippen molar-refractivity contribution in [3.8, 4) is 0 Å². The summed E-state index contributed by atoms with van der Waals surface area (Å²) in [6.45, 7) is 14.5. The molecule has 6 heteroatoms. The first-order chi connectivity index (χ1) is 22.3. The van der Waals surface area contributed by atoms with Crippen LogP contribution in [0.4, 0.5) is 0 Å². The molecule has 0 saturated heterocycles. The molecule has 5 rings (SSSR count). The van der Waals surface area contributed by atoms with Crippen molar-refractivity contribution in [1.29, 1.82) is 0 Å². The van der Waals surface area contributed by atoms with Gasteiger partial charge in [-0.2, -0.15) is 0 Å². The number of nitrogens with one attached hydrogen (secondary N) is 1. The summed E-state index contributed by atoms with van der Waals surface area (Å²) in [5.41, 5.74) is 2.21. The fraction of sp³-hybridized carbons (Fsp3) is 0.405. The number of benzene rings is 2. The van der Waals surface area contributed by atoms with E-state index in [9.17, 15) is 5.11 Å². The molecule has 5 aromatic rings. The number of rotatable bonds is 12. The molecule has 2 aromatic carbocycles. The Morgan fingerprint density at radius 1 is 0.625 bits per heavy atom. The third-order valence-corrected chi connectivity index (χ3v) is 7.84. The van der Waals surface area contributed by atoms with Gasteiger partial charge in [-0.25, -0.2) is 0 Å². The Morgan fingerprint density at radius 2 is 1.12 bits per heavy atom. The van der Waals surface area contributed by atoms with Crippen molar-refractivity contribution in [2.45, 2.75) is 107 Å². The van der Waals surface area contributed by atoms with Crippen LogP contribution in [-0.4, -0.2) is 17.9 Å². The first-order valence-electron chi connectivity index (χ1n) is 16.5. The molecule has 4 atom stereocenters. The Balaban J connectivity index is 0.000000368. The molecule has 0 aliphatic carbocycles. The molecule has 3 heterocycles. The van der Waals surface area contributed by atoms with Crippen molar-refractivity contribution in [3.05, 3.63) is 143 Å². The van der Waals surface area contributed by atoms with Gasteiger partial charge in [-0.1, -0.05) is 103 Å². The van der Waals surface area contributed by atoms with Crippen LogP contribution in [0.15, 0.2) is 115 Å². The van der Waals surface area contributed by atoms with E-state index in [1.165, 1.54) is 0 Å². The molecular formula is C42H60N2O4. The number of aryl methyl sites for hydroxylation is 3. The summed E-state index contributed by atoms with van der Waals surface area (Å²) in [5, 5.41) is 13.0. The summed E-state index contributed by atoms with van der Waals surface area (Å²) < 4.78 is 16.7. The maximum Gasteiger partial charge on any atom is 0.128 e. The third kappa shape index (κ3) is 13.5. The van der Waals surface area contributed by atoms with Crippen LogP contribution in [0.25, 0.3) is 0 Å². The molecular weight excluding hydrogens is 596 g/mol. The van der Waals surface area contributed by atoms with Crippen LogP contribution >= 0.6 is 0 Å². The van der Waals surface area contributed by atoms with Crippen LogP contribution < -0.4 is 5.32 Å². The summed E-state index contributed by atoms with van der Waals surface area (Å²) in [5.74, 6) is 6.40. The molecule has 0 radical (unpaired) electrons. The standard InChI is InChI=1S/C16H21NO2.C15H17NO.C9H14O.2CH4/c1-3-14(16-10-9-12(2)19-16)17-15(11-18)13-7-5-4-6-8-13;1-3-14(15-10-9-12(2)17-15)16-11-13-7-5-4-6-8-13;1-4-7(2)9-6-5-8(3)10-9;;/h4-10,14-15,17-18H,3,11H2,1-2H3;4-11,14H,3H2,1-2H3;5-7H,4H2,1-3H3;2*1H4/t14-,15+;14-;7-;;/m111../s1. The van der Waals surface area contributed by atoms with E-state index in [-0.39, 0.29) is 39.6 Å². The van der Waals surface area contributed by atoms with Gasteiger partial charge < -0.3 is 18.4 Å². The molecule has 0 unspecified atom stereocenters. The van der Waals surface area contributed by atoms with Gasteiger partial charge in [-0.3, -0.25) is 10.3 Å². The van der Waals surface area contributed by atoms with Gasteiger partial charge in [0.05, 0.1) is 18.7 Å². The van der Waals surface area contributed by atoms with Gasteiger partial charge in [0.25, 0.3) is 0 Å². The van der Waals surface area contributed by atoms with Crippen LogP contribution in [0.5, 0.6) is 0 Å². The summed E-state index contributed by atoms with van der Waals surface area (Å²) in [6.07, 6.45) is 4.91. The zero-order valence-electron chi connectivity index (χ0n) is 28.6. The van der Waals surface area contributed by atoms with E-state index in [0.29, 0.717) is 5.92 Å². The highest BCUT2D eigenvalue weighted by Gasteiger charge is 2.19. The van der Waals surface area contributed by atoms with Crippen LogP contribution in [0, 0.1) is 20.8 Å². The predicted molar refractivity (Wildman–Crippen MR) is 202 cm³/mol. The lowest BCUT2D eigenvalue weighted by atomic mass is 10.0. The molecule has 0 aliphatic rings. The fourth-order valence-electron chi connectivity index (χ4n) is 4.87. The van der Waals surface area contributed by atoms with Crippen molar-refractivity contribution in [1.82, 2.24) is 5.32 Å². The second kappa shape index (κ2) is 22.4. The SMILES string of the molecule is C.C.CC[C@@H](C)c1ccc(C)o1.CC[C@@H](N=Cc1ccccc1)c1ccc(C)o1.CC[C@@H](N[C@@H](CO)c1ccccc1)c1ccc(C)o1. The Labute approximate surface area is 290 Å². The minimum atomic E-state index is -0.0726. The molecule has 0 spiro atoms. The lowest BCUT2D eigenvalue weighted by Gasteiger charge is -2.22. The topological polar surface area (TPSA) is 84.0 Å². The van der Waals surface area contributed by atoms with Crippen molar-refractivity contribution in [2.24, 2.45) is 4.99 Å². The summed E-state index contributed by atoms with van der Waals surface area (Å²) in [6, 6.07) is 32.3. The lowest BCUT2D eigenvalue weighted by molar-refractivity contribution is 0.225. The molecule has 0 aliphatic heterocycles. The molecule has 0 bridgehead atoms. The van der Waals surface area contributed by atoms with Gasteiger partial charge in [-0.05, 0) is 87.6 Å². The second-order valence-corrected chi connectivity index (χ2v) is 11.5. The first-order valence-corrected chi connectivity index (χ1v) is 16.5. The highest BCUT2D eigenvalue weighted by Crippen LogP contribution is 2.25.